The SMILES string of the molecule is CC(C)(C)Cn1cc(CCNS(=O)(=O)C2CC2)c2ccc(B3OC(C)(C)C(C)(C)O3)cc21. The van der Waals surface area contributed by atoms with Gasteiger partial charge in [0, 0.05) is 30.2 Å². The standard InChI is InChI=1S/C24H37BN2O4S/c1-22(2,3)16-27-15-17(12-13-26-32(28,29)19-9-10-19)20-11-8-18(14-21(20)27)25-30-23(4,5)24(6,7)31-25/h8,11,14-15,19,26H,9-10,12-13,16H2,1-7H3. The predicted octanol–water partition coefficient (Wildman–Crippen LogP) is 3.61. The normalized spacial score (nSPS) is 20.9. The Morgan fingerprint density at radius 1 is 1.12 bits per heavy atom. The number of hydrogen-bond donors (Lipinski definition) is 1. The molecular formula is C24H37BN2O4S. The van der Waals surface area contributed by atoms with Crippen molar-refractivity contribution in [2.45, 2.75) is 90.7 Å². The average molecular weight is 460 g/mol. The van der Waals surface area contributed by atoms with E-state index in [4.69, 9.17) is 9.31 Å². The summed E-state index contributed by atoms with van der Waals surface area (Å²) in [6.07, 6.45) is 4.40. The van der Waals surface area contributed by atoms with Crippen LogP contribution in [-0.4, -0.2) is 43.1 Å². The van der Waals surface area contributed by atoms with Gasteiger partial charge in [0.15, 0.2) is 0 Å². The summed E-state index contributed by atoms with van der Waals surface area (Å²) in [6, 6.07) is 6.37. The maximum absolute atomic E-state index is 12.2. The zero-order chi connectivity index (χ0) is 23.5. The van der Waals surface area contributed by atoms with E-state index in [-0.39, 0.29) is 21.9 Å². The Balaban J connectivity index is 1.62. The molecule has 1 aromatic heterocycles. The molecule has 1 N–H and O–H groups in total. The number of nitrogens with zero attached hydrogens (tertiary/aromatic N) is 1. The number of hydrogen-bond acceptors (Lipinski definition) is 4. The highest BCUT2D eigenvalue weighted by molar-refractivity contribution is 7.90. The molecule has 0 amide bonds. The molecule has 1 saturated carbocycles. The zero-order valence-electron chi connectivity index (χ0n) is 20.5. The van der Waals surface area contributed by atoms with Crippen LogP contribution < -0.4 is 10.2 Å². The van der Waals surface area contributed by atoms with Gasteiger partial charge in [-0.05, 0) is 69.5 Å². The number of nitrogens with one attached hydrogen (secondary N) is 1. The second-order valence-corrected chi connectivity index (χ2v) is 13.6. The fourth-order valence-electron chi connectivity index (χ4n) is 4.18. The molecule has 1 saturated heterocycles. The van der Waals surface area contributed by atoms with E-state index in [1.54, 1.807) is 0 Å². The fraction of sp³-hybridized carbons (Fsp3) is 0.667. The molecule has 32 heavy (non-hydrogen) atoms. The maximum atomic E-state index is 12.2. The van der Waals surface area contributed by atoms with Gasteiger partial charge in [0.2, 0.25) is 10.0 Å². The average Bonchev–Trinajstić information content (AvgIpc) is 3.42. The van der Waals surface area contributed by atoms with Crippen molar-refractivity contribution in [1.82, 2.24) is 9.29 Å². The van der Waals surface area contributed by atoms with Crippen LogP contribution in [0.5, 0.6) is 0 Å². The van der Waals surface area contributed by atoms with Gasteiger partial charge in [-0.15, -0.1) is 0 Å². The number of aromatic nitrogens is 1. The first-order valence-corrected chi connectivity index (χ1v) is 13.2. The number of rotatable bonds is 7. The van der Waals surface area contributed by atoms with Gasteiger partial charge in [0.1, 0.15) is 0 Å². The number of sulfonamides is 1. The molecule has 0 radical (unpaired) electrons. The van der Waals surface area contributed by atoms with Gasteiger partial charge in [-0.3, -0.25) is 0 Å². The molecule has 176 valence electrons. The minimum atomic E-state index is -3.16. The van der Waals surface area contributed by atoms with E-state index in [0.29, 0.717) is 13.0 Å². The van der Waals surface area contributed by atoms with Gasteiger partial charge in [-0.25, -0.2) is 13.1 Å². The van der Waals surface area contributed by atoms with E-state index in [1.165, 1.54) is 0 Å². The first-order valence-electron chi connectivity index (χ1n) is 11.6. The highest BCUT2D eigenvalue weighted by Crippen LogP contribution is 2.37. The van der Waals surface area contributed by atoms with Gasteiger partial charge in [0.05, 0.1) is 16.5 Å². The lowest BCUT2D eigenvalue weighted by Crippen LogP contribution is -2.41. The van der Waals surface area contributed by atoms with Crippen LogP contribution >= 0.6 is 0 Å². The molecule has 0 spiro atoms. The Labute approximate surface area is 193 Å². The minimum Gasteiger partial charge on any atom is -0.399 e. The topological polar surface area (TPSA) is 69.6 Å². The quantitative estimate of drug-likeness (QED) is 0.641. The van der Waals surface area contributed by atoms with Crippen LogP contribution in [0.2, 0.25) is 0 Å². The molecule has 2 fully saturated rings. The van der Waals surface area contributed by atoms with Crippen LogP contribution in [0.4, 0.5) is 0 Å². The van der Waals surface area contributed by atoms with Crippen molar-refractivity contribution in [1.29, 1.82) is 0 Å². The van der Waals surface area contributed by atoms with Gasteiger partial charge in [-0.1, -0.05) is 32.9 Å². The van der Waals surface area contributed by atoms with Crippen LogP contribution in [0.1, 0.15) is 66.9 Å². The summed E-state index contributed by atoms with van der Waals surface area (Å²) >= 11 is 0. The first-order chi connectivity index (χ1) is 14.7. The molecule has 2 aromatic rings. The Hall–Kier alpha value is -1.35. The van der Waals surface area contributed by atoms with Crippen molar-refractivity contribution in [2.75, 3.05) is 6.54 Å². The van der Waals surface area contributed by atoms with Crippen LogP contribution in [0.3, 0.4) is 0 Å². The summed E-state index contributed by atoms with van der Waals surface area (Å²) in [6.45, 7) is 16.2. The van der Waals surface area contributed by atoms with E-state index >= 15 is 0 Å². The molecule has 1 aromatic carbocycles. The molecule has 0 atom stereocenters. The Morgan fingerprint density at radius 3 is 2.31 bits per heavy atom. The third kappa shape index (κ3) is 4.79. The van der Waals surface area contributed by atoms with Crippen LogP contribution in [0.15, 0.2) is 24.4 Å². The van der Waals surface area contributed by atoms with Crippen LogP contribution in [0, 0.1) is 5.41 Å². The Bertz CT molecular complexity index is 1090. The largest absolute Gasteiger partial charge is 0.494 e. The highest BCUT2D eigenvalue weighted by Gasteiger charge is 2.51. The van der Waals surface area contributed by atoms with Gasteiger partial charge >= 0.3 is 7.12 Å². The van der Waals surface area contributed by atoms with Crippen LogP contribution in [-0.2, 0) is 32.3 Å². The van der Waals surface area contributed by atoms with E-state index in [2.05, 4.69) is 82.2 Å². The Morgan fingerprint density at radius 2 is 1.75 bits per heavy atom. The summed E-state index contributed by atoms with van der Waals surface area (Å²) in [5, 5.41) is 0.965. The van der Waals surface area contributed by atoms with Gasteiger partial charge in [-0.2, -0.15) is 0 Å². The number of fused-ring (bicyclic) bond motifs is 1. The van der Waals surface area contributed by atoms with Gasteiger partial charge in [0.25, 0.3) is 0 Å². The molecular weight excluding hydrogens is 423 g/mol. The third-order valence-electron chi connectivity index (χ3n) is 6.82. The van der Waals surface area contributed by atoms with Crippen LogP contribution in [0.25, 0.3) is 10.9 Å². The molecule has 2 aliphatic rings. The molecule has 0 bridgehead atoms. The van der Waals surface area contributed by atoms with E-state index in [9.17, 15) is 8.42 Å². The molecule has 1 aliphatic carbocycles. The summed E-state index contributed by atoms with van der Waals surface area (Å²) in [4.78, 5) is 0. The molecule has 1 aliphatic heterocycles. The molecule has 6 nitrogen and oxygen atoms in total. The molecule has 8 heteroatoms. The van der Waals surface area contributed by atoms with E-state index in [1.807, 2.05) is 0 Å². The molecule has 0 unspecified atom stereocenters. The minimum absolute atomic E-state index is 0.108. The summed E-state index contributed by atoms with van der Waals surface area (Å²) < 4.78 is 42.0. The van der Waals surface area contributed by atoms with Crippen molar-refractivity contribution >= 4 is 33.5 Å². The van der Waals surface area contributed by atoms with E-state index in [0.717, 1.165) is 41.3 Å². The maximum Gasteiger partial charge on any atom is 0.494 e. The summed E-state index contributed by atoms with van der Waals surface area (Å²) in [7, 11) is -3.57. The smallest absolute Gasteiger partial charge is 0.399 e. The second kappa shape index (κ2) is 7.86. The van der Waals surface area contributed by atoms with Crippen molar-refractivity contribution in [3.05, 3.63) is 30.0 Å². The second-order valence-electron chi connectivity index (χ2n) is 11.6. The summed E-state index contributed by atoms with van der Waals surface area (Å²) in [5.41, 5.74) is 2.63. The lowest BCUT2D eigenvalue weighted by molar-refractivity contribution is 0.00578. The lowest BCUT2D eigenvalue weighted by atomic mass is 9.78. The monoisotopic (exact) mass is 460 g/mol. The van der Waals surface area contributed by atoms with Crippen molar-refractivity contribution in [2.24, 2.45) is 5.41 Å². The van der Waals surface area contributed by atoms with Crippen molar-refractivity contribution in [3.63, 3.8) is 0 Å². The Kier molecular flexibility index (Phi) is 5.85. The predicted molar refractivity (Wildman–Crippen MR) is 131 cm³/mol. The molecule has 4 rings (SSSR count). The molecule has 2 heterocycles. The first kappa shape index (κ1) is 23.8. The zero-order valence-corrected chi connectivity index (χ0v) is 21.3. The van der Waals surface area contributed by atoms with Gasteiger partial charge < -0.3 is 13.9 Å². The van der Waals surface area contributed by atoms with Crippen molar-refractivity contribution in [3.8, 4) is 0 Å². The highest BCUT2D eigenvalue weighted by atomic mass is 32.2. The van der Waals surface area contributed by atoms with E-state index < -0.39 is 17.1 Å². The van der Waals surface area contributed by atoms with Crippen molar-refractivity contribution < 1.29 is 17.7 Å². The fourth-order valence-corrected chi connectivity index (χ4v) is 5.55. The number of benzene rings is 1. The summed E-state index contributed by atoms with van der Waals surface area (Å²) in [5.74, 6) is 0. The third-order valence-corrected chi connectivity index (χ3v) is 8.78. The lowest BCUT2D eigenvalue weighted by Gasteiger charge is -2.32.